The van der Waals surface area contributed by atoms with Crippen LogP contribution in [-0.4, -0.2) is 108 Å². The van der Waals surface area contributed by atoms with Crippen LogP contribution in [0.3, 0.4) is 0 Å². The Kier molecular flexibility index (Phi) is 10.8. The zero-order valence-corrected chi connectivity index (χ0v) is 29.6. The minimum atomic E-state index is -0.196. The van der Waals surface area contributed by atoms with Crippen LogP contribution in [0.15, 0.2) is 48.8 Å². The van der Waals surface area contributed by atoms with Crippen molar-refractivity contribution in [3.8, 4) is 45.4 Å². The molecule has 0 saturated carbocycles. The molecule has 4 amide bonds. The summed E-state index contributed by atoms with van der Waals surface area (Å²) in [7, 11) is 6.31. The zero-order valence-electron chi connectivity index (χ0n) is 28.1. The van der Waals surface area contributed by atoms with Crippen molar-refractivity contribution in [2.24, 2.45) is 0 Å². The number of likely N-dealkylation sites (tertiary alicyclic amines) is 2. The molecule has 0 spiro atoms. The SMILES string of the molecule is CNC(=O)NC1CN(Cc2ncc(-c3cccc(-c4cccc(-c5cnc(CN6CC(NC(=O)NC)C6)c(OC)n5)c4Cl)c3Cl)nc2OC)C1. The molecular weight excluding hydrogens is 683 g/mol. The van der Waals surface area contributed by atoms with Gasteiger partial charge in [-0.1, -0.05) is 59.6 Å². The fourth-order valence-corrected chi connectivity index (χ4v) is 6.64. The summed E-state index contributed by atoms with van der Waals surface area (Å²) < 4.78 is 11.2. The maximum absolute atomic E-state index is 11.6. The number of carbonyl (C=O) groups is 2. The minimum Gasteiger partial charge on any atom is -0.480 e. The summed E-state index contributed by atoms with van der Waals surface area (Å²) in [6.07, 6.45) is 3.37. The van der Waals surface area contributed by atoms with E-state index in [1.165, 1.54) is 0 Å². The van der Waals surface area contributed by atoms with Crippen LogP contribution >= 0.6 is 23.2 Å². The summed E-state index contributed by atoms with van der Waals surface area (Å²) in [6, 6.07) is 11.1. The van der Waals surface area contributed by atoms with Gasteiger partial charge in [0.25, 0.3) is 0 Å². The van der Waals surface area contributed by atoms with Crippen LogP contribution in [0, 0.1) is 0 Å². The summed E-state index contributed by atoms with van der Waals surface area (Å²) in [5, 5.41) is 11.9. The number of benzene rings is 2. The molecule has 14 nitrogen and oxygen atoms in total. The normalized spacial score (nSPS) is 15.1. The molecule has 0 aliphatic carbocycles. The molecule has 4 aromatic rings. The van der Waals surface area contributed by atoms with E-state index in [9.17, 15) is 9.59 Å². The van der Waals surface area contributed by atoms with E-state index in [0.717, 1.165) is 0 Å². The van der Waals surface area contributed by atoms with Crippen molar-refractivity contribution in [3.63, 3.8) is 0 Å². The molecular formula is C34H38Cl2N10O4. The smallest absolute Gasteiger partial charge is 0.314 e. The van der Waals surface area contributed by atoms with Crippen molar-refractivity contribution >= 4 is 35.3 Å². The molecule has 0 atom stereocenters. The number of urea groups is 2. The van der Waals surface area contributed by atoms with Crippen molar-refractivity contribution in [3.05, 3.63) is 70.2 Å². The molecule has 16 heteroatoms. The summed E-state index contributed by atoms with van der Waals surface area (Å²) in [4.78, 5) is 46.3. The minimum absolute atomic E-state index is 0.0816. The van der Waals surface area contributed by atoms with E-state index in [1.807, 2.05) is 36.4 Å². The van der Waals surface area contributed by atoms with E-state index < -0.39 is 0 Å². The van der Waals surface area contributed by atoms with Gasteiger partial charge in [0.15, 0.2) is 0 Å². The van der Waals surface area contributed by atoms with Crippen LogP contribution in [0.4, 0.5) is 9.59 Å². The number of nitrogens with one attached hydrogen (secondary N) is 4. The van der Waals surface area contributed by atoms with Gasteiger partial charge in [0.05, 0.1) is 60.1 Å². The number of ether oxygens (including phenoxy) is 2. The van der Waals surface area contributed by atoms with Gasteiger partial charge < -0.3 is 30.7 Å². The third kappa shape index (κ3) is 7.53. The van der Waals surface area contributed by atoms with Gasteiger partial charge >= 0.3 is 12.1 Å². The average molecular weight is 722 g/mol. The highest BCUT2D eigenvalue weighted by atomic mass is 35.5. The number of aromatic nitrogens is 4. The van der Waals surface area contributed by atoms with Crippen LogP contribution in [0.1, 0.15) is 11.4 Å². The number of hydrogen-bond acceptors (Lipinski definition) is 10. The predicted molar refractivity (Wildman–Crippen MR) is 190 cm³/mol. The summed E-state index contributed by atoms with van der Waals surface area (Å²) >= 11 is 14.1. The van der Waals surface area contributed by atoms with Gasteiger partial charge in [-0.05, 0) is 0 Å². The molecule has 2 aromatic heterocycles. The fourth-order valence-electron chi connectivity index (χ4n) is 5.99. The Morgan fingerprint density at radius 1 is 0.700 bits per heavy atom. The molecule has 4 heterocycles. The third-order valence-electron chi connectivity index (χ3n) is 8.63. The average Bonchev–Trinajstić information content (AvgIpc) is 3.10. The van der Waals surface area contributed by atoms with Gasteiger partial charge in [-0.15, -0.1) is 0 Å². The summed E-state index contributed by atoms with van der Waals surface area (Å²) in [5.74, 6) is 0.800. The molecule has 4 N–H and O–H groups in total. The van der Waals surface area contributed by atoms with Crippen LogP contribution in [0.2, 0.25) is 10.0 Å². The molecule has 2 aromatic carbocycles. The Morgan fingerprint density at radius 2 is 1.08 bits per heavy atom. The highest BCUT2D eigenvalue weighted by Crippen LogP contribution is 2.42. The third-order valence-corrected chi connectivity index (χ3v) is 9.45. The molecule has 2 saturated heterocycles. The molecule has 2 fully saturated rings. The zero-order chi connectivity index (χ0) is 35.4. The van der Waals surface area contributed by atoms with E-state index in [4.69, 9.17) is 42.6 Å². The first-order valence-electron chi connectivity index (χ1n) is 16.0. The largest absolute Gasteiger partial charge is 0.480 e. The van der Waals surface area contributed by atoms with Gasteiger partial charge in [0, 0.05) is 75.6 Å². The second-order valence-corrected chi connectivity index (χ2v) is 12.7. The van der Waals surface area contributed by atoms with Gasteiger partial charge in [0.1, 0.15) is 11.4 Å². The first kappa shape index (κ1) is 35.1. The topological polar surface area (TPSA) is 159 Å². The van der Waals surface area contributed by atoms with E-state index in [1.54, 1.807) is 40.7 Å². The lowest BCUT2D eigenvalue weighted by Crippen LogP contribution is -2.60. The molecule has 2 aliphatic heterocycles. The number of nitrogens with zero attached hydrogens (tertiary/aromatic N) is 6. The monoisotopic (exact) mass is 720 g/mol. The maximum Gasteiger partial charge on any atom is 0.314 e. The van der Waals surface area contributed by atoms with Crippen LogP contribution in [-0.2, 0) is 13.1 Å². The van der Waals surface area contributed by atoms with Crippen molar-refractivity contribution < 1.29 is 19.1 Å². The number of hydrogen-bond donors (Lipinski definition) is 4. The number of methoxy groups -OCH3 is 2. The lowest BCUT2D eigenvalue weighted by atomic mass is 9.98. The Bertz CT molecular complexity index is 1750. The van der Waals surface area contributed by atoms with Gasteiger partial charge in [-0.2, -0.15) is 0 Å². The quantitative estimate of drug-likeness (QED) is 0.180. The van der Waals surface area contributed by atoms with E-state index in [2.05, 4.69) is 41.0 Å². The summed E-state index contributed by atoms with van der Waals surface area (Å²) in [6.45, 7) is 3.87. The summed E-state index contributed by atoms with van der Waals surface area (Å²) in [5.41, 5.74) is 5.25. The van der Waals surface area contributed by atoms with Crippen LogP contribution in [0.5, 0.6) is 11.8 Å². The highest BCUT2D eigenvalue weighted by Gasteiger charge is 2.30. The van der Waals surface area contributed by atoms with Crippen molar-refractivity contribution in [2.75, 3.05) is 54.5 Å². The fraction of sp³-hybridized carbons (Fsp3) is 0.353. The first-order chi connectivity index (χ1) is 24.2. The Labute approximate surface area is 299 Å². The van der Waals surface area contributed by atoms with Crippen molar-refractivity contribution in [1.82, 2.24) is 51.0 Å². The Balaban J connectivity index is 1.19. The van der Waals surface area contributed by atoms with E-state index in [-0.39, 0.29) is 24.1 Å². The second kappa shape index (κ2) is 15.4. The molecule has 0 unspecified atom stereocenters. The van der Waals surface area contributed by atoms with Gasteiger partial charge in [0.2, 0.25) is 11.8 Å². The molecule has 0 radical (unpaired) electrons. The first-order valence-corrected chi connectivity index (χ1v) is 16.8. The highest BCUT2D eigenvalue weighted by molar-refractivity contribution is 6.39. The van der Waals surface area contributed by atoms with Gasteiger partial charge in [-0.3, -0.25) is 19.8 Å². The number of rotatable bonds is 11. The van der Waals surface area contributed by atoms with Crippen LogP contribution in [0.25, 0.3) is 33.6 Å². The number of halogens is 2. The standard InChI is InChI=1S/C34H38Cl2N10O4/c1-37-33(47)41-19-13-45(14-19)17-27-31(49-3)43-25(11-39-27)23-9-5-7-21(29(23)35)22-8-6-10-24(30(22)36)26-12-40-28(32(44-26)50-4)18-46-15-20(16-46)42-34(48)38-2/h5-12,19-20H,13-18H2,1-4H3,(H2,37,41,47)(H2,38,42,48). The molecule has 2 aliphatic rings. The van der Waals surface area contributed by atoms with Crippen LogP contribution < -0.4 is 30.7 Å². The van der Waals surface area contributed by atoms with Crippen molar-refractivity contribution in [2.45, 2.75) is 25.2 Å². The van der Waals surface area contributed by atoms with E-state index in [0.29, 0.717) is 106 Å². The molecule has 50 heavy (non-hydrogen) atoms. The maximum atomic E-state index is 11.6. The number of amides is 4. The molecule has 6 rings (SSSR count). The Hall–Kier alpha value is -4.76. The number of carbonyl (C=O) groups excluding carboxylic acids is 2. The lowest BCUT2D eigenvalue weighted by molar-refractivity contribution is 0.119. The Morgan fingerprint density at radius 3 is 1.44 bits per heavy atom. The molecule has 262 valence electrons. The van der Waals surface area contributed by atoms with Crippen molar-refractivity contribution in [1.29, 1.82) is 0 Å². The predicted octanol–water partition coefficient (Wildman–Crippen LogP) is 3.82. The van der Waals surface area contributed by atoms with E-state index >= 15 is 0 Å². The second-order valence-electron chi connectivity index (χ2n) is 12.0. The lowest BCUT2D eigenvalue weighted by Gasteiger charge is -2.39. The van der Waals surface area contributed by atoms with Gasteiger partial charge in [-0.25, -0.2) is 19.6 Å². The molecule has 0 bridgehead atoms.